The van der Waals surface area contributed by atoms with Crippen molar-refractivity contribution in [3.8, 4) is 0 Å². The first kappa shape index (κ1) is 11.6. The van der Waals surface area contributed by atoms with E-state index in [-0.39, 0.29) is 12.3 Å². The molecule has 0 saturated heterocycles. The van der Waals surface area contributed by atoms with Crippen LogP contribution in [0.5, 0.6) is 0 Å². The van der Waals surface area contributed by atoms with Gasteiger partial charge in [-0.1, -0.05) is 24.6 Å². The minimum absolute atomic E-state index is 0.0768. The molecule has 1 aromatic rings. The van der Waals surface area contributed by atoms with Gasteiger partial charge in [0, 0.05) is 12.3 Å². The third-order valence-electron chi connectivity index (χ3n) is 3.41. The number of anilines is 1. The highest BCUT2D eigenvalue weighted by Gasteiger charge is 2.55. The summed E-state index contributed by atoms with van der Waals surface area (Å²) >= 11 is 5.80. The van der Waals surface area contributed by atoms with Crippen molar-refractivity contribution in [2.45, 2.75) is 31.6 Å². The van der Waals surface area contributed by atoms with Crippen molar-refractivity contribution in [3.63, 3.8) is 0 Å². The van der Waals surface area contributed by atoms with Gasteiger partial charge >= 0.3 is 0 Å². The molecule has 16 heavy (non-hydrogen) atoms. The second-order valence-electron chi connectivity index (χ2n) is 4.37. The van der Waals surface area contributed by atoms with Crippen molar-refractivity contribution in [2.75, 3.05) is 5.73 Å². The summed E-state index contributed by atoms with van der Waals surface area (Å²) in [6.07, 6.45) is 0.410. The third-order valence-corrected chi connectivity index (χ3v) is 3.75. The van der Waals surface area contributed by atoms with Gasteiger partial charge in [0.15, 0.2) is 0 Å². The van der Waals surface area contributed by atoms with Crippen LogP contribution in [0.15, 0.2) is 18.2 Å². The molecule has 2 rings (SSSR count). The minimum atomic E-state index is -2.52. The molecule has 88 valence electrons. The predicted molar refractivity (Wildman–Crippen MR) is 62.0 cm³/mol. The molecule has 4 heteroatoms. The minimum Gasteiger partial charge on any atom is -0.398 e. The maximum atomic E-state index is 13.3. The molecule has 0 spiro atoms. The van der Waals surface area contributed by atoms with Gasteiger partial charge < -0.3 is 5.73 Å². The van der Waals surface area contributed by atoms with Crippen LogP contribution in [-0.4, -0.2) is 5.92 Å². The highest BCUT2D eigenvalue weighted by atomic mass is 35.5. The zero-order valence-corrected chi connectivity index (χ0v) is 9.77. The number of benzene rings is 1. The molecule has 2 unspecified atom stereocenters. The van der Waals surface area contributed by atoms with E-state index in [2.05, 4.69) is 0 Å². The molecule has 1 aromatic carbocycles. The fourth-order valence-corrected chi connectivity index (χ4v) is 2.56. The summed E-state index contributed by atoms with van der Waals surface area (Å²) in [7, 11) is 0. The lowest BCUT2D eigenvalue weighted by Gasteiger charge is -2.44. The van der Waals surface area contributed by atoms with Gasteiger partial charge in [0.25, 0.3) is 5.92 Å². The van der Waals surface area contributed by atoms with Gasteiger partial charge in [0.1, 0.15) is 0 Å². The molecule has 0 bridgehead atoms. The van der Waals surface area contributed by atoms with E-state index in [0.717, 1.165) is 5.56 Å². The van der Waals surface area contributed by atoms with E-state index in [1.165, 1.54) is 0 Å². The lowest BCUT2D eigenvalue weighted by atomic mass is 9.65. The summed E-state index contributed by atoms with van der Waals surface area (Å²) in [5, 5.41) is 0.475. The fourth-order valence-electron chi connectivity index (χ4n) is 2.45. The molecule has 1 saturated carbocycles. The van der Waals surface area contributed by atoms with Gasteiger partial charge in [0.05, 0.1) is 10.7 Å². The van der Waals surface area contributed by atoms with Crippen LogP contribution in [0.3, 0.4) is 0 Å². The summed E-state index contributed by atoms with van der Waals surface area (Å²) in [4.78, 5) is 0. The van der Waals surface area contributed by atoms with Crippen LogP contribution < -0.4 is 5.73 Å². The van der Waals surface area contributed by atoms with E-state index >= 15 is 0 Å². The Morgan fingerprint density at radius 1 is 1.50 bits per heavy atom. The Bertz CT molecular complexity index is 406. The van der Waals surface area contributed by atoms with Crippen molar-refractivity contribution >= 4 is 17.3 Å². The SMILES string of the molecule is CCC1C(c2ccc(Cl)c(N)c2)CC1(F)F. The zero-order chi connectivity index (χ0) is 11.9. The first-order valence-electron chi connectivity index (χ1n) is 5.38. The van der Waals surface area contributed by atoms with Gasteiger partial charge in [-0.2, -0.15) is 0 Å². The molecular formula is C12H14ClF2N. The van der Waals surface area contributed by atoms with Gasteiger partial charge in [-0.25, -0.2) is 8.78 Å². The topological polar surface area (TPSA) is 26.0 Å². The summed E-state index contributed by atoms with van der Waals surface area (Å²) in [6, 6.07) is 5.18. The molecule has 0 aromatic heterocycles. The van der Waals surface area contributed by atoms with E-state index in [1.54, 1.807) is 25.1 Å². The number of nitrogens with two attached hydrogens (primary N) is 1. The summed E-state index contributed by atoms with van der Waals surface area (Å²) in [5.41, 5.74) is 7.01. The average Bonchev–Trinajstić information content (AvgIpc) is 2.20. The Morgan fingerprint density at radius 3 is 2.69 bits per heavy atom. The van der Waals surface area contributed by atoms with E-state index in [9.17, 15) is 8.78 Å². The normalized spacial score (nSPS) is 27.5. The van der Waals surface area contributed by atoms with Crippen LogP contribution >= 0.6 is 11.6 Å². The highest BCUT2D eigenvalue weighted by Crippen LogP contribution is 2.55. The van der Waals surface area contributed by atoms with Crippen LogP contribution in [0, 0.1) is 5.92 Å². The monoisotopic (exact) mass is 245 g/mol. The third kappa shape index (κ3) is 1.77. The van der Waals surface area contributed by atoms with Crippen molar-refractivity contribution in [2.24, 2.45) is 5.92 Å². The highest BCUT2D eigenvalue weighted by molar-refractivity contribution is 6.33. The Hall–Kier alpha value is -0.830. The fraction of sp³-hybridized carbons (Fsp3) is 0.500. The Balaban J connectivity index is 2.23. The molecular weight excluding hydrogens is 232 g/mol. The number of rotatable bonds is 2. The van der Waals surface area contributed by atoms with Gasteiger partial charge in [-0.15, -0.1) is 0 Å². The van der Waals surface area contributed by atoms with Crippen LogP contribution in [0.1, 0.15) is 31.2 Å². The Morgan fingerprint density at radius 2 is 2.19 bits per heavy atom. The second kappa shape index (κ2) is 3.88. The Labute approximate surface area is 98.6 Å². The van der Waals surface area contributed by atoms with E-state index in [1.807, 2.05) is 0 Å². The van der Waals surface area contributed by atoms with Gasteiger partial charge in [-0.3, -0.25) is 0 Å². The maximum Gasteiger partial charge on any atom is 0.252 e. The number of nitrogen functional groups attached to an aromatic ring is 1. The van der Waals surface area contributed by atoms with E-state index in [0.29, 0.717) is 17.1 Å². The van der Waals surface area contributed by atoms with Crippen LogP contribution in [0.4, 0.5) is 14.5 Å². The lowest BCUT2D eigenvalue weighted by molar-refractivity contribution is -0.149. The molecule has 2 atom stereocenters. The lowest BCUT2D eigenvalue weighted by Crippen LogP contribution is -2.45. The van der Waals surface area contributed by atoms with E-state index < -0.39 is 11.8 Å². The van der Waals surface area contributed by atoms with Crippen molar-refractivity contribution in [3.05, 3.63) is 28.8 Å². The number of halogens is 3. The number of hydrogen-bond acceptors (Lipinski definition) is 1. The van der Waals surface area contributed by atoms with Gasteiger partial charge in [-0.05, 0) is 30.0 Å². The first-order chi connectivity index (χ1) is 7.45. The molecule has 1 nitrogen and oxygen atoms in total. The predicted octanol–water partition coefficient (Wildman–Crippen LogP) is 4.07. The first-order valence-corrected chi connectivity index (χ1v) is 5.76. The number of alkyl halides is 2. The molecule has 0 heterocycles. The smallest absolute Gasteiger partial charge is 0.252 e. The summed E-state index contributed by atoms with van der Waals surface area (Å²) in [5.74, 6) is -3.17. The number of hydrogen-bond donors (Lipinski definition) is 1. The summed E-state index contributed by atoms with van der Waals surface area (Å²) in [6.45, 7) is 1.80. The van der Waals surface area contributed by atoms with Crippen LogP contribution in [0.25, 0.3) is 0 Å². The summed E-state index contributed by atoms with van der Waals surface area (Å²) < 4.78 is 26.5. The zero-order valence-electron chi connectivity index (χ0n) is 9.01. The quantitative estimate of drug-likeness (QED) is 0.781. The Kier molecular flexibility index (Phi) is 2.82. The molecule has 1 fully saturated rings. The van der Waals surface area contributed by atoms with E-state index in [4.69, 9.17) is 17.3 Å². The average molecular weight is 246 g/mol. The molecule has 1 aliphatic rings. The second-order valence-corrected chi connectivity index (χ2v) is 4.77. The molecule has 2 N–H and O–H groups in total. The van der Waals surface area contributed by atoms with Crippen LogP contribution in [0.2, 0.25) is 5.02 Å². The maximum absolute atomic E-state index is 13.3. The molecule has 0 amide bonds. The van der Waals surface area contributed by atoms with Crippen molar-refractivity contribution in [1.29, 1.82) is 0 Å². The molecule has 0 radical (unpaired) electrons. The van der Waals surface area contributed by atoms with Crippen molar-refractivity contribution in [1.82, 2.24) is 0 Å². The van der Waals surface area contributed by atoms with Crippen molar-refractivity contribution < 1.29 is 8.78 Å². The molecule has 0 aliphatic heterocycles. The standard InChI is InChI=1S/C12H14ClF2N/c1-2-9-8(6-12(9,14)15)7-3-4-10(13)11(16)5-7/h3-5,8-9H,2,6,16H2,1H3. The van der Waals surface area contributed by atoms with Crippen LogP contribution in [-0.2, 0) is 0 Å². The largest absolute Gasteiger partial charge is 0.398 e. The van der Waals surface area contributed by atoms with Gasteiger partial charge in [0.2, 0.25) is 0 Å². The molecule has 1 aliphatic carbocycles.